The van der Waals surface area contributed by atoms with Gasteiger partial charge in [-0.05, 0) is 29.8 Å². The van der Waals surface area contributed by atoms with Gasteiger partial charge in [0.05, 0.1) is 12.7 Å². The number of carbonyl (C=O) groups excluding carboxylic acids is 1. The number of nitrogens with one attached hydrogen (secondary N) is 1. The van der Waals surface area contributed by atoms with Gasteiger partial charge in [-0.15, -0.1) is 0 Å². The first kappa shape index (κ1) is 13.2. The maximum absolute atomic E-state index is 12.2. The van der Waals surface area contributed by atoms with Crippen molar-refractivity contribution >= 4 is 17.0 Å². The molecule has 0 aliphatic heterocycles. The quantitative estimate of drug-likeness (QED) is 0.799. The molecule has 1 aromatic heterocycles. The van der Waals surface area contributed by atoms with Crippen LogP contribution in [-0.2, 0) is 6.54 Å². The highest BCUT2D eigenvalue weighted by atomic mass is 16.5. The molecule has 0 saturated heterocycles. The molecule has 0 atom stereocenters. The first-order valence-electron chi connectivity index (χ1n) is 6.51. The monoisotopic (exact) mass is 282 g/mol. The van der Waals surface area contributed by atoms with Gasteiger partial charge in [-0.3, -0.25) is 4.79 Å². The Morgan fingerprint density at radius 2 is 2.14 bits per heavy atom. The Bertz CT molecular complexity index is 780. The summed E-state index contributed by atoms with van der Waals surface area (Å²) in [6.07, 6.45) is 1.40. The third kappa shape index (κ3) is 2.72. The van der Waals surface area contributed by atoms with Crippen LogP contribution in [0.15, 0.2) is 53.3 Å². The van der Waals surface area contributed by atoms with E-state index in [0.717, 1.165) is 11.1 Å². The van der Waals surface area contributed by atoms with Crippen molar-refractivity contribution in [1.82, 2.24) is 10.3 Å². The molecule has 1 amide bonds. The second kappa shape index (κ2) is 5.66. The molecule has 0 aliphatic rings. The molecular weight excluding hydrogens is 268 g/mol. The van der Waals surface area contributed by atoms with E-state index in [1.807, 2.05) is 24.3 Å². The number of carbonyl (C=O) groups is 1. The largest absolute Gasteiger partial charge is 0.496 e. The molecule has 5 nitrogen and oxygen atoms in total. The highest BCUT2D eigenvalue weighted by Crippen LogP contribution is 2.18. The van der Waals surface area contributed by atoms with Gasteiger partial charge in [0.15, 0.2) is 12.0 Å². The van der Waals surface area contributed by atoms with Gasteiger partial charge in [0.2, 0.25) is 0 Å². The van der Waals surface area contributed by atoms with Crippen LogP contribution in [0.25, 0.3) is 11.1 Å². The molecule has 5 heteroatoms. The minimum absolute atomic E-state index is 0.176. The fourth-order valence-corrected chi connectivity index (χ4v) is 2.12. The van der Waals surface area contributed by atoms with Crippen LogP contribution in [0.3, 0.4) is 0 Å². The molecule has 0 unspecified atom stereocenters. The van der Waals surface area contributed by atoms with Crippen molar-refractivity contribution in [3.63, 3.8) is 0 Å². The number of hydrogen-bond acceptors (Lipinski definition) is 4. The maximum Gasteiger partial charge on any atom is 0.255 e. The van der Waals surface area contributed by atoms with Crippen molar-refractivity contribution in [2.45, 2.75) is 6.54 Å². The molecule has 0 saturated carbocycles. The smallest absolute Gasteiger partial charge is 0.255 e. The van der Waals surface area contributed by atoms with E-state index in [0.29, 0.717) is 23.4 Å². The van der Waals surface area contributed by atoms with Gasteiger partial charge in [0.25, 0.3) is 5.91 Å². The summed E-state index contributed by atoms with van der Waals surface area (Å²) < 4.78 is 10.4. The van der Waals surface area contributed by atoms with Crippen molar-refractivity contribution in [3.8, 4) is 5.75 Å². The fourth-order valence-electron chi connectivity index (χ4n) is 2.12. The predicted molar refractivity (Wildman–Crippen MR) is 78.2 cm³/mol. The summed E-state index contributed by atoms with van der Waals surface area (Å²) in [6, 6.07) is 12.8. The molecule has 3 aromatic rings. The van der Waals surface area contributed by atoms with Gasteiger partial charge in [-0.1, -0.05) is 18.2 Å². The summed E-state index contributed by atoms with van der Waals surface area (Å²) >= 11 is 0. The van der Waals surface area contributed by atoms with Gasteiger partial charge < -0.3 is 14.5 Å². The molecule has 2 aromatic carbocycles. The number of rotatable bonds is 4. The van der Waals surface area contributed by atoms with Crippen molar-refractivity contribution < 1.29 is 13.9 Å². The maximum atomic E-state index is 12.2. The number of oxazole rings is 1. The molecular formula is C16H14N2O3. The molecule has 0 fully saturated rings. The van der Waals surface area contributed by atoms with Crippen LogP contribution in [0.4, 0.5) is 0 Å². The van der Waals surface area contributed by atoms with Gasteiger partial charge in [-0.2, -0.15) is 0 Å². The number of methoxy groups -OCH3 is 1. The van der Waals surface area contributed by atoms with Crippen LogP contribution < -0.4 is 10.1 Å². The molecule has 1 N–H and O–H groups in total. The second-order valence-corrected chi connectivity index (χ2v) is 4.54. The standard InChI is InChI=1S/C16H14N2O3/c1-20-14-5-3-2-4-12(14)16(19)17-9-11-6-7-13-15(8-11)21-10-18-13/h2-8,10H,9H2,1H3,(H,17,19). The first-order chi connectivity index (χ1) is 10.3. The first-order valence-corrected chi connectivity index (χ1v) is 6.51. The van der Waals surface area contributed by atoms with Crippen LogP contribution in [0.1, 0.15) is 15.9 Å². The van der Waals surface area contributed by atoms with Crippen molar-refractivity contribution in [2.24, 2.45) is 0 Å². The Morgan fingerprint density at radius 3 is 3.00 bits per heavy atom. The Kier molecular flexibility index (Phi) is 3.55. The van der Waals surface area contributed by atoms with Crippen molar-refractivity contribution in [3.05, 3.63) is 60.0 Å². The third-order valence-electron chi connectivity index (χ3n) is 3.20. The molecule has 0 spiro atoms. The van der Waals surface area contributed by atoms with E-state index in [-0.39, 0.29) is 5.91 Å². The average molecular weight is 282 g/mol. The van der Waals surface area contributed by atoms with Crippen LogP contribution in [0.2, 0.25) is 0 Å². The second-order valence-electron chi connectivity index (χ2n) is 4.54. The highest BCUT2D eigenvalue weighted by Gasteiger charge is 2.11. The number of benzene rings is 2. The van der Waals surface area contributed by atoms with E-state index in [4.69, 9.17) is 9.15 Å². The Hall–Kier alpha value is -2.82. The van der Waals surface area contributed by atoms with E-state index >= 15 is 0 Å². The zero-order valence-electron chi connectivity index (χ0n) is 11.5. The number of para-hydroxylation sites is 1. The van der Waals surface area contributed by atoms with E-state index in [2.05, 4.69) is 10.3 Å². The summed E-state index contributed by atoms with van der Waals surface area (Å²) in [6.45, 7) is 0.410. The zero-order valence-corrected chi connectivity index (χ0v) is 11.5. The van der Waals surface area contributed by atoms with Crippen LogP contribution in [0, 0.1) is 0 Å². The lowest BCUT2D eigenvalue weighted by Gasteiger charge is -2.09. The number of amides is 1. The van der Waals surface area contributed by atoms with Gasteiger partial charge in [-0.25, -0.2) is 4.98 Å². The average Bonchev–Trinajstić information content (AvgIpc) is 3.00. The summed E-state index contributed by atoms with van der Waals surface area (Å²) in [4.78, 5) is 16.2. The topological polar surface area (TPSA) is 64.4 Å². The lowest BCUT2D eigenvalue weighted by molar-refractivity contribution is 0.0948. The van der Waals surface area contributed by atoms with E-state index in [1.165, 1.54) is 6.39 Å². The summed E-state index contributed by atoms with van der Waals surface area (Å²) in [5.74, 6) is 0.380. The molecule has 21 heavy (non-hydrogen) atoms. The van der Waals surface area contributed by atoms with Gasteiger partial charge in [0, 0.05) is 6.54 Å². The predicted octanol–water partition coefficient (Wildman–Crippen LogP) is 2.77. The Morgan fingerprint density at radius 1 is 1.29 bits per heavy atom. The van der Waals surface area contributed by atoms with E-state index in [1.54, 1.807) is 25.3 Å². The van der Waals surface area contributed by atoms with Crippen LogP contribution in [-0.4, -0.2) is 18.0 Å². The van der Waals surface area contributed by atoms with Gasteiger partial charge in [0.1, 0.15) is 11.3 Å². The Balaban J connectivity index is 1.73. The summed E-state index contributed by atoms with van der Waals surface area (Å²) in [7, 11) is 1.55. The minimum atomic E-state index is -0.176. The summed E-state index contributed by atoms with van der Waals surface area (Å²) in [5, 5.41) is 2.87. The van der Waals surface area contributed by atoms with Crippen LogP contribution in [0.5, 0.6) is 5.75 Å². The molecule has 3 rings (SSSR count). The molecule has 0 aliphatic carbocycles. The molecule has 0 radical (unpaired) electrons. The number of aromatic nitrogens is 1. The molecule has 1 heterocycles. The SMILES string of the molecule is COc1ccccc1C(=O)NCc1ccc2ncoc2c1. The number of hydrogen-bond donors (Lipinski definition) is 1. The van der Waals surface area contributed by atoms with Crippen molar-refractivity contribution in [1.29, 1.82) is 0 Å². The van der Waals surface area contributed by atoms with Crippen LogP contribution >= 0.6 is 0 Å². The molecule has 0 bridgehead atoms. The fraction of sp³-hybridized carbons (Fsp3) is 0.125. The summed E-state index contributed by atoms with van der Waals surface area (Å²) in [5.41, 5.74) is 2.97. The van der Waals surface area contributed by atoms with E-state index in [9.17, 15) is 4.79 Å². The number of fused-ring (bicyclic) bond motifs is 1. The molecule has 106 valence electrons. The van der Waals surface area contributed by atoms with Crippen molar-refractivity contribution in [2.75, 3.05) is 7.11 Å². The minimum Gasteiger partial charge on any atom is -0.496 e. The lowest BCUT2D eigenvalue weighted by atomic mass is 10.1. The zero-order chi connectivity index (χ0) is 14.7. The Labute approximate surface area is 121 Å². The third-order valence-corrected chi connectivity index (χ3v) is 3.20. The normalized spacial score (nSPS) is 10.5. The lowest BCUT2D eigenvalue weighted by Crippen LogP contribution is -2.23. The van der Waals surface area contributed by atoms with E-state index < -0.39 is 0 Å². The van der Waals surface area contributed by atoms with Gasteiger partial charge >= 0.3 is 0 Å². The number of ether oxygens (including phenoxy) is 1. The highest BCUT2D eigenvalue weighted by molar-refractivity contribution is 5.96. The number of nitrogens with zero attached hydrogens (tertiary/aromatic N) is 1.